The fourth-order valence-corrected chi connectivity index (χ4v) is 5.37. The fourth-order valence-electron chi connectivity index (χ4n) is 3.76. The van der Waals surface area contributed by atoms with Crippen molar-refractivity contribution in [2.24, 2.45) is 0 Å². The van der Waals surface area contributed by atoms with Gasteiger partial charge < -0.3 is 9.87 Å². The molecule has 0 aliphatic carbocycles. The van der Waals surface area contributed by atoms with Crippen LogP contribution in [0.2, 0.25) is 0 Å². The lowest BCUT2D eigenvalue weighted by Gasteiger charge is -2.29. The summed E-state index contributed by atoms with van der Waals surface area (Å²) >= 11 is 0. The highest BCUT2D eigenvalue weighted by Crippen LogP contribution is 2.33. The molecule has 2 aliphatic heterocycles. The van der Waals surface area contributed by atoms with E-state index in [0.29, 0.717) is 23.7 Å². The van der Waals surface area contributed by atoms with Gasteiger partial charge in [0.2, 0.25) is 0 Å². The summed E-state index contributed by atoms with van der Waals surface area (Å²) in [6.45, 7) is 5.12. The van der Waals surface area contributed by atoms with E-state index in [-0.39, 0.29) is 0 Å². The number of aryl methyl sites for hydroxylation is 1. The second kappa shape index (κ2) is 6.21. The van der Waals surface area contributed by atoms with E-state index in [2.05, 4.69) is 46.1 Å². The van der Waals surface area contributed by atoms with Gasteiger partial charge in [0.25, 0.3) is 0 Å². The number of sulfonamides is 1. The standard InChI is InChI=1S/C19H23N3O2S/c1-15-6-8-16(9-7-15)12-22-11-10-19(14-22)13-20-17-4-2-3-5-18(17)25(23,24)21-19/h2-9,20H,10-14H2,1H3,(H-,21,23,24). The Hall–Kier alpha value is -1.73. The average Bonchev–Trinajstić information content (AvgIpc) is 2.92. The third kappa shape index (κ3) is 3.35. The maximum Gasteiger partial charge on any atom is 0.198 e. The van der Waals surface area contributed by atoms with Gasteiger partial charge in [-0.25, -0.2) is 0 Å². The molecule has 4 rings (SSSR count). The van der Waals surface area contributed by atoms with E-state index in [1.807, 2.05) is 12.1 Å². The zero-order valence-electron chi connectivity index (χ0n) is 14.3. The van der Waals surface area contributed by atoms with Gasteiger partial charge in [0.1, 0.15) is 0 Å². The van der Waals surface area contributed by atoms with Crippen molar-refractivity contribution in [3.05, 3.63) is 59.7 Å². The topological polar surface area (TPSA) is 67.4 Å². The van der Waals surface area contributed by atoms with Crippen molar-refractivity contribution in [2.45, 2.75) is 30.3 Å². The molecule has 1 fully saturated rings. The molecule has 132 valence electrons. The monoisotopic (exact) mass is 357 g/mol. The van der Waals surface area contributed by atoms with Gasteiger partial charge in [-0.1, -0.05) is 46.2 Å². The molecule has 1 spiro atoms. The lowest BCUT2D eigenvalue weighted by molar-refractivity contribution is 0.296. The number of benzene rings is 2. The molecule has 0 bridgehead atoms. The Balaban J connectivity index is 1.52. The van der Waals surface area contributed by atoms with Gasteiger partial charge in [-0.15, -0.1) is 4.72 Å². The highest BCUT2D eigenvalue weighted by Gasteiger charge is 2.46. The van der Waals surface area contributed by atoms with E-state index in [1.165, 1.54) is 11.1 Å². The van der Waals surface area contributed by atoms with Crippen LogP contribution >= 0.6 is 0 Å². The van der Waals surface area contributed by atoms with Crippen molar-refractivity contribution < 1.29 is 8.76 Å². The summed E-state index contributed by atoms with van der Waals surface area (Å²) in [4.78, 5) is 2.66. The van der Waals surface area contributed by atoms with Gasteiger partial charge in [-0.05, 0) is 31.0 Å². The maximum atomic E-state index is 12.8. The molecule has 0 amide bonds. The third-order valence-corrected chi connectivity index (χ3v) is 6.74. The summed E-state index contributed by atoms with van der Waals surface area (Å²) in [5.41, 5.74) is 2.74. The average molecular weight is 357 g/mol. The molecule has 2 unspecified atom stereocenters. The second-order valence-corrected chi connectivity index (χ2v) is 8.83. The third-order valence-electron chi connectivity index (χ3n) is 5.10. The van der Waals surface area contributed by atoms with Gasteiger partial charge in [0, 0.05) is 26.2 Å². The van der Waals surface area contributed by atoms with E-state index in [4.69, 9.17) is 0 Å². The lowest BCUT2D eigenvalue weighted by Crippen LogP contribution is -2.55. The molecule has 25 heavy (non-hydrogen) atoms. The summed E-state index contributed by atoms with van der Waals surface area (Å²) in [5.74, 6) is 0. The predicted molar refractivity (Wildman–Crippen MR) is 99.0 cm³/mol. The molecular weight excluding hydrogens is 334 g/mol. The van der Waals surface area contributed by atoms with E-state index >= 15 is 0 Å². The minimum atomic E-state index is -3.51. The Morgan fingerprint density at radius 2 is 1.96 bits per heavy atom. The quantitative estimate of drug-likeness (QED) is 0.811. The molecule has 6 heteroatoms. The highest BCUT2D eigenvalue weighted by atomic mass is 32.3. The zero-order chi connectivity index (χ0) is 17.5. The van der Waals surface area contributed by atoms with Crippen LogP contribution in [-0.2, 0) is 21.2 Å². The van der Waals surface area contributed by atoms with Crippen LogP contribution < -0.4 is 10.0 Å². The Morgan fingerprint density at radius 1 is 1.20 bits per heavy atom. The Bertz CT molecular complexity index is 824. The molecule has 2 N–H and O–H groups in total. The zero-order valence-corrected chi connectivity index (χ0v) is 15.1. The molecule has 0 aromatic heterocycles. The normalized spacial score (nSPS) is 29.2. The molecular formula is C19H23N3O2S. The Kier molecular flexibility index (Phi) is 4.16. The SMILES string of the molecule is Cc1ccc(CN2CCC3(CNc4ccccc4[S+](=O)([O-])N3)C2)cc1. The van der Waals surface area contributed by atoms with E-state index in [9.17, 15) is 8.76 Å². The number of hydrogen-bond donors (Lipinski definition) is 2. The first kappa shape index (κ1) is 16.7. The first-order valence-corrected chi connectivity index (χ1v) is 10.1. The van der Waals surface area contributed by atoms with Crippen molar-refractivity contribution in [1.82, 2.24) is 9.62 Å². The minimum Gasteiger partial charge on any atom is -0.593 e. The van der Waals surface area contributed by atoms with E-state index in [1.54, 1.807) is 12.1 Å². The van der Waals surface area contributed by atoms with Crippen LogP contribution in [0.15, 0.2) is 53.4 Å². The van der Waals surface area contributed by atoms with Crippen molar-refractivity contribution in [3.8, 4) is 0 Å². The minimum absolute atomic E-state index is 0.337. The molecule has 5 nitrogen and oxygen atoms in total. The van der Waals surface area contributed by atoms with Crippen molar-refractivity contribution in [1.29, 1.82) is 0 Å². The summed E-state index contributed by atoms with van der Waals surface area (Å²) < 4.78 is 28.6. The molecule has 2 heterocycles. The molecule has 2 aliphatic rings. The molecule has 0 saturated carbocycles. The first-order valence-electron chi connectivity index (χ1n) is 8.61. The summed E-state index contributed by atoms with van der Waals surface area (Å²) in [5, 5.41) is 3.34. The number of nitrogens with one attached hydrogen (secondary N) is 2. The predicted octanol–water partition coefficient (Wildman–Crippen LogP) is 2.56. The smallest absolute Gasteiger partial charge is 0.198 e. The molecule has 1 saturated heterocycles. The molecule has 2 aromatic rings. The Labute approximate surface area is 149 Å². The van der Waals surface area contributed by atoms with Crippen LogP contribution in [0.1, 0.15) is 17.5 Å². The van der Waals surface area contributed by atoms with Crippen LogP contribution in [0.25, 0.3) is 0 Å². The summed E-state index contributed by atoms with van der Waals surface area (Å²) in [6.07, 6.45) is 0.805. The number of rotatable bonds is 2. The summed E-state index contributed by atoms with van der Waals surface area (Å²) in [7, 11) is -3.51. The van der Waals surface area contributed by atoms with E-state index in [0.717, 1.165) is 19.5 Å². The first-order chi connectivity index (χ1) is 12.0. The van der Waals surface area contributed by atoms with E-state index < -0.39 is 15.9 Å². The van der Waals surface area contributed by atoms with Crippen LogP contribution in [0, 0.1) is 6.92 Å². The van der Waals surface area contributed by atoms with Gasteiger partial charge in [0.15, 0.2) is 15.3 Å². The van der Waals surface area contributed by atoms with Crippen LogP contribution in [0.4, 0.5) is 5.69 Å². The van der Waals surface area contributed by atoms with Gasteiger partial charge in [-0.2, -0.15) is 0 Å². The van der Waals surface area contributed by atoms with Crippen LogP contribution in [-0.4, -0.2) is 34.6 Å². The lowest BCUT2D eigenvalue weighted by atomic mass is 10.00. The van der Waals surface area contributed by atoms with Gasteiger partial charge in [-0.3, -0.25) is 4.90 Å². The number of anilines is 1. The maximum absolute atomic E-state index is 12.8. The molecule has 2 aromatic carbocycles. The number of hydrogen-bond acceptors (Lipinski definition) is 4. The number of likely N-dealkylation sites (tertiary alicyclic amines) is 1. The highest BCUT2D eigenvalue weighted by molar-refractivity contribution is 7.96. The number of fused-ring (bicyclic) bond motifs is 1. The van der Waals surface area contributed by atoms with Crippen LogP contribution in [0.5, 0.6) is 0 Å². The summed E-state index contributed by atoms with van der Waals surface area (Å²) in [6, 6.07) is 15.6. The second-order valence-electron chi connectivity index (χ2n) is 7.18. The largest absolute Gasteiger partial charge is 0.593 e. The number of nitrogens with zero attached hydrogens (tertiary/aromatic N) is 1. The molecule has 2 atom stereocenters. The fraction of sp³-hybridized carbons (Fsp3) is 0.368. The van der Waals surface area contributed by atoms with Crippen molar-refractivity contribution in [2.75, 3.05) is 25.0 Å². The van der Waals surface area contributed by atoms with Crippen LogP contribution in [0.3, 0.4) is 0 Å². The van der Waals surface area contributed by atoms with Crippen molar-refractivity contribution >= 4 is 16.1 Å². The van der Waals surface area contributed by atoms with Gasteiger partial charge >= 0.3 is 0 Å². The molecule has 0 radical (unpaired) electrons. The Morgan fingerprint density at radius 3 is 2.76 bits per heavy atom. The number of para-hydroxylation sites is 1. The van der Waals surface area contributed by atoms with Crippen molar-refractivity contribution in [3.63, 3.8) is 0 Å². The van der Waals surface area contributed by atoms with Gasteiger partial charge in [0.05, 0.1) is 11.2 Å².